The van der Waals surface area contributed by atoms with Crippen LogP contribution in [0.1, 0.15) is 25.0 Å². The maximum absolute atomic E-state index is 12.6. The number of rotatable bonds is 5. The maximum Gasteiger partial charge on any atom is 0.415 e. The van der Waals surface area contributed by atoms with Gasteiger partial charge in [0.1, 0.15) is 18.4 Å². The number of aliphatic carboxylic acids is 1. The van der Waals surface area contributed by atoms with E-state index in [-0.39, 0.29) is 19.1 Å². The van der Waals surface area contributed by atoms with E-state index in [9.17, 15) is 14.7 Å². The Balaban J connectivity index is 1.85. The molecular weight excluding hydrogens is 334 g/mol. The second-order valence-electron chi connectivity index (χ2n) is 6.39. The third-order valence-electron chi connectivity index (χ3n) is 4.13. The van der Waals surface area contributed by atoms with Gasteiger partial charge in [-0.1, -0.05) is 36.4 Å². The predicted octanol–water partition coefficient (Wildman–Crippen LogP) is 3.63. The molecule has 1 aliphatic heterocycles. The molecule has 3 rings (SSSR count). The van der Waals surface area contributed by atoms with Gasteiger partial charge in [-0.25, -0.2) is 9.59 Å². The van der Waals surface area contributed by atoms with Crippen LogP contribution in [0.5, 0.6) is 5.75 Å². The Bertz CT molecular complexity index is 803. The third-order valence-corrected chi connectivity index (χ3v) is 4.13. The molecule has 0 aliphatic carbocycles. The fraction of sp³-hybridized carbons (Fsp3) is 0.300. The van der Waals surface area contributed by atoms with Crippen molar-refractivity contribution in [1.82, 2.24) is 0 Å². The number of fused-ring (bicyclic) bond motifs is 1. The minimum Gasteiger partial charge on any atom is -0.491 e. The number of anilines is 1. The van der Waals surface area contributed by atoms with Crippen LogP contribution in [0.4, 0.5) is 10.5 Å². The first kappa shape index (κ1) is 17.8. The van der Waals surface area contributed by atoms with E-state index in [2.05, 4.69) is 0 Å². The molecule has 0 spiro atoms. The van der Waals surface area contributed by atoms with Crippen molar-refractivity contribution in [2.24, 2.45) is 0 Å². The molecule has 1 amide bonds. The van der Waals surface area contributed by atoms with Crippen LogP contribution in [-0.4, -0.2) is 29.3 Å². The molecular formula is C20H21NO5. The van der Waals surface area contributed by atoms with E-state index in [4.69, 9.17) is 9.47 Å². The molecule has 136 valence electrons. The maximum atomic E-state index is 12.6. The number of hydrogen-bond acceptors (Lipinski definition) is 4. The fourth-order valence-corrected chi connectivity index (χ4v) is 3.01. The van der Waals surface area contributed by atoms with Gasteiger partial charge < -0.3 is 14.6 Å². The summed E-state index contributed by atoms with van der Waals surface area (Å²) in [7, 11) is 0. The number of carboxylic acid groups (broad SMARTS) is 1. The molecule has 0 aromatic heterocycles. The summed E-state index contributed by atoms with van der Waals surface area (Å²) in [5.41, 5.74) is 2.07. The van der Waals surface area contributed by atoms with Gasteiger partial charge in [0.25, 0.3) is 0 Å². The highest BCUT2D eigenvalue weighted by Gasteiger charge is 2.41. The van der Waals surface area contributed by atoms with Gasteiger partial charge in [0.05, 0.1) is 11.8 Å². The molecule has 1 atom stereocenters. The lowest BCUT2D eigenvalue weighted by Crippen LogP contribution is -2.43. The normalized spacial score (nSPS) is 15.7. The van der Waals surface area contributed by atoms with Crippen molar-refractivity contribution in [3.8, 4) is 5.75 Å². The molecule has 26 heavy (non-hydrogen) atoms. The highest BCUT2D eigenvalue weighted by molar-refractivity contribution is 5.99. The van der Waals surface area contributed by atoms with E-state index in [1.165, 1.54) is 4.90 Å². The van der Waals surface area contributed by atoms with Gasteiger partial charge in [0.2, 0.25) is 0 Å². The summed E-state index contributed by atoms with van der Waals surface area (Å²) in [6, 6.07) is 13.5. The quantitative estimate of drug-likeness (QED) is 0.886. The Labute approximate surface area is 152 Å². The van der Waals surface area contributed by atoms with Crippen LogP contribution in [0.25, 0.3) is 0 Å². The number of benzene rings is 2. The van der Waals surface area contributed by atoms with Crippen LogP contribution in [0.2, 0.25) is 0 Å². The molecule has 0 radical (unpaired) electrons. The Hall–Kier alpha value is -3.02. The summed E-state index contributed by atoms with van der Waals surface area (Å²) in [4.78, 5) is 25.5. The van der Waals surface area contributed by atoms with Crippen LogP contribution in [0, 0.1) is 0 Å². The number of carbonyl (C=O) groups is 2. The van der Waals surface area contributed by atoms with Gasteiger partial charge in [-0.2, -0.15) is 0 Å². The molecule has 6 heteroatoms. The highest BCUT2D eigenvalue weighted by atomic mass is 16.6. The van der Waals surface area contributed by atoms with E-state index in [1.807, 2.05) is 44.2 Å². The van der Waals surface area contributed by atoms with Crippen molar-refractivity contribution in [2.75, 3.05) is 4.90 Å². The first-order valence-corrected chi connectivity index (χ1v) is 8.48. The summed E-state index contributed by atoms with van der Waals surface area (Å²) in [5.74, 6) is -0.476. The van der Waals surface area contributed by atoms with Crippen LogP contribution >= 0.6 is 0 Å². The first-order valence-electron chi connectivity index (χ1n) is 8.48. The van der Waals surface area contributed by atoms with E-state index < -0.39 is 18.1 Å². The number of carboxylic acids is 1. The Kier molecular flexibility index (Phi) is 5.11. The lowest BCUT2D eigenvalue weighted by molar-refractivity contribution is -0.138. The van der Waals surface area contributed by atoms with E-state index in [0.29, 0.717) is 17.0 Å². The van der Waals surface area contributed by atoms with E-state index in [1.54, 1.807) is 18.2 Å². The van der Waals surface area contributed by atoms with Crippen LogP contribution in [-0.2, 0) is 22.6 Å². The average Bonchev–Trinajstić information content (AvgIpc) is 3.01. The number of hydrogen-bond donors (Lipinski definition) is 1. The zero-order valence-electron chi connectivity index (χ0n) is 14.7. The SMILES string of the molecule is CC(C)Oc1cccc2c1CC(C(=O)O)N2C(=O)OCc1ccccc1. The molecule has 1 unspecified atom stereocenters. The number of ether oxygens (including phenoxy) is 2. The van der Waals surface area contributed by atoms with Crippen LogP contribution in [0.3, 0.4) is 0 Å². The zero-order chi connectivity index (χ0) is 18.7. The molecule has 2 aromatic carbocycles. The van der Waals surface area contributed by atoms with Gasteiger partial charge in [-0.15, -0.1) is 0 Å². The summed E-state index contributed by atoms with van der Waals surface area (Å²) in [6.45, 7) is 3.88. The topological polar surface area (TPSA) is 76.1 Å². The second-order valence-corrected chi connectivity index (χ2v) is 6.39. The van der Waals surface area contributed by atoms with Gasteiger partial charge in [0.15, 0.2) is 0 Å². The van der Waals surface area contributed by atoms with Gasteiger partial charge in [-0.05, 0) is 31.5 Å². The van der Waals surface area contributed by atoms with Gasteiger partial charge in [0, 0.05) is 12.0 Å². The van der Waals surface area contributed by atoms with Crippen molar-refractivity contribution >= 4 is 17.7 Å². The minimum atomic E-state index is -1.08. The summed E-state index contributed by atoms with van der Waals surface area (Å²) in [6.07, 6.45) is -0.542. The van der Waals surface area contributed by atoms with Crippen molar-refractivity contribution in [3.63, 3.8) is 0 Å². The Morgan fingerprint density at radius 2 is 1.88 bits per heavy atom. The van der Waals surface area contributed by atoms with Crippen LogP contribution in [0.15, 0.2) is 48.5 Å². The number of amides is 1. The smallest absolute Gasteiger partial charge is 0.415 e. The van der Waals surface area contributed by atoms with Gasteiger partial charge in [-0.3, -0.25) is 4.90 Å². The molecule has 2 aromatic rings. The van der Waals surface area contributed by atoms with Crippen molar-refractivity contribution in [1.29, 1.82) is 0 Å². The lowest BCUT2D eigenvalue weighted by atomic mass is 10.1. The monoisotopic (exact) mass is 355 g/mol. The van der Waals surface area contributed by atoms with Crippen molar-refractivity contribution in [2.45, 2.75) is 39.0 Å². The molecule has 0 saturated heterocycles. The number of carbonyl (C=O) groups excluding carboxylic acids is 1. The molecule has 1 heterocycles. The Morgan fingerprint density at radius 3 is 2.54 bits per heavy atom. The molecule has 0 fully saturated rings. The number of nitrogens with zero attached hydrogens (tertiary/aromatic N) is 1. The fourth-order valence-electron chi connectivity index (χ4n) is 3.01. The molecule has 1 N–H and O–H groups in total. The minimum absolute atomic E-state index is 0.0520. The standard InChI is InChI=1S/C20H21NO5/c1-13(2)26-18-10-6-9-16-15(18)11-17(19(22)23)21(16)20(24)25-12-14-7-4-3-5-8-14/h3-10,13,17H,11-12H2,1-2H3,(H,22,23). The van der Waals surface area contributed by atoms with E-state index >= 15 is 0 Å². The van der Waals surface area contributed by atoms with Crippen molar-refractivity contribution < 1.29 is 24.2 Å². The molecule has 6 nitrogen and oxygen atoms in total. The summed E-state index contributed by atoms with van der Waals surface area (Å²) < 4.78 is 11.1. The largest absolute Gasteiger partial charge is 0.491 e. The van der Waals surface area contributed by atoms with Gasteiger partial charge >= 0.3 is 12.1 Å². The van der Waals surface area contributed by atoms with E-state index in [0.717, 1.165) is 5.56 Å². The van der Waals surface area contributed by atoms with Crippen LogP contribution < -0.4 is 9.64 Å². The third kappa shape index (κ3) is 3.64. The molecule has 1 aliphatic rings. The first-order chi connectivity index (χ1) is 12.5. The molecule has 0 bridgehead atoms. The lowest BCUT2D eigenvalue weighted by Gasteiger charge is -2.22. The van der Waals surface area contributed by atoms with Crippen molar-refractivity contribution in [3.05, 3.63) is 59.7 Å². The molecule has 0 saturated carbocycles. The summed E-state index contributed by atoms with van der Waals surface area (Å²) >= 11 is 0. The Morgan fingerprint density at radius 1 is 1.15 bits per heavy atom. The predicted molar refractivity (Wildman–Crippen MR) is 96.4 cm³/mol. The zero-order valence-corrected chi connectivity index (χ0v) is 14.7. The summed E-state index contributed by atoms with van der Waals surface area (Å²) in [5, 5.41) is 9.57. The highest BCUT2D eigenvalue weighted by Crippen LogP contribution is 2.39. The average molecular weight is 355 g/mol. The second kappa shape index (κ2) is 7.47.